The van der Waals surface area contributed by atoms with E-state index in [2.05, 4.69) is 35.9 Å². The zero-order valence-corrected chi connectivity index (χ0v) is 22.5. The molecule has 1 fully saturated rings. The van der Waals surface area contributed by atoms with Crippen LogP contribution in [0, 0.1) is 0 Å². The van der Waals surface area contributed by atoms with Crippen molar-refractivity contribution in [3.05, 3.63) is 46.6 Å². The first-order valence-electron chi connectivity index (χ1n) is 11.1. The molecule has 2 aromatic rings. The molecule has 3 rings (SSSR count). The molecule has 3 N–H and O–H groups in total. The van der Waals surface area contributed by atoms with Crippen LogP contribution in [-0.2, 0) is 14.8 Å². The number of hydrogen-bond acceptors (Lipinski definition) is 7. The van der Waals surface area contributed by atoms with E-state index in [4.69, 9.17) is 9.90 Å². The van der Waals surface area contributed by atoms with E-state index in [-0.39, 0.29) is 16.5 Å². The molecule has 0 spiro atoms. The van der Waals surface area contributed by atoms with Crippen molar-refractivity contribution in [3.63, 3.8) is 0 Å². The van der Waals surface area contributed by atoms with Crippen molar-refractivity contribution in [3.8, 4) is 0 Å². The molecule has 0 aliphatic carbocycles. The highest BCUT2D eigenvalue weighted by Crippen LogP contribution is 2.25. The van der Waals surface area contributed by atoms with Crippen molar-refractivity contribution in [2.45, 2.75) is 24.9 Å². The Morgan fingerprint density at radius 1 is 1.16 bits per heavy atom. The minimum Gasteiger partial charge on any atom is -0.475 e. The first-order chi connectivity index (χ1) is 17.3. The molecule has 0 atom stereocenters. The lowest BCUT2D eigenvalue weighted by Crippen LogP contribution is -2.45. The van der Waals surface area contributed by atoms with Gasteiger partial charge in [-0.25, -0.2) is 18.2 Å². The van der Waals surface area contributed by atoms with Crippen molar-refractivity contribution < 1.29 is 36.3 Å². The number of anilines is 2. The molecule has 0 bridgehead atoms. The number of carbonyl (C=O) groups excluding carboxylic acids is 1. The molecule has 0 unspecified atom stereocenters. The lowest BCUT2D eigenvalue weighted by Gasteiger charge is -2.31. The molecule has 2 heterocycles. The van der Waals surface area contributed by atoms with E-state index in [1.807, 2.05) is 13.8 Å². The Kier molecular flexibility index (Phi) is 10.7. The van der Waals surface area contributed by atoms with E-state index < -0.39 is 22.2 Å². The number of nitrogens with zero attached hydrogens (tertiary/aromatic N) is 3. The number of carboxylic acids is 1. The summed E-state index contributed by atoms with van der Waals surface area (Å²) in [5.41, 5.74) is 0.656. The molecule has 1 aliphatic rings. The Hall–Kier alpha value is -2.91. The van der Waals surface area contributed by atoms with E-state index in [0.717, 1.165) is 30.7 Å². The molecule has 1 saturated heterocycles. The normalized spacial score (nSPS) is 13.8. The van der Waals surface area contributed by atoms with E-state index in [1.165, 1.54) is 18.3 Å². The highest BCUT2D eigenvalue weighted by molar-refractivity contribution is 9.10. The van der Waals surface area contributed by atoms with Crippen molar-refractivity contribution in [1.29, 1.82) is 0 Å². The average Bonchev–Trinajstić information content (AvgIpc) is 2.85. The fourth-order valence-corrected chi connectivity index (χ4v) is 4.61. The topological polar surface area (TPSA) is 132 Å². The maximum atomic E-state index is 13.2. The van der Waals surface area contributed by atoms with Gasteiger partial charge < -0.3 is 20.2 Å². The summed E-state index contributed by atoms with van der Waals surface area (Å²) in [5, 5.41) is 10.4. The van der Waals surface area contributed by atoms with Crippen molar-refractivity contribution in [1.82, 2.24) is 15.2 Å². The molecule has 204 valence electrons. The van der Waals surface area contributed by atoms with Crippen LogP contribution < -0.4 is 14.9 Å². The van der Waals surface area contributed by atoms with Crippen LogP contribution in [0.25, 0.3) is 0 Å². The smallest absolute Gasteiger partial charge is 0.475 e. The van der Waals surface area contributed by atoms with Crippen molar-refractivity contribution in [2.75, 3.05) is 48.9 Å². The summed E-state index contributed by atoms with van der Waals surface area (Å²) in [6.45, 7) is 8.03. The zero-order chi connectivity index (χ0) is 27.8. The van der Waals surface area contributed by atoms with E-state index in [9.17, 15) is 26.4 Å². The minimum absolute atomic E-state index is 0.133. The summed E-state index contributed by atoms with van der Waals surface area (Å²) in [4.78, 5) is 30.4. The first-order valence-corrected chi connectivity index (χ1v) is 13.4. The number of carbonyl (C=O) groups is 2. The Labute approximate surface area is 221 Å². The summed E-state index contributed by atoms with van der Waals surface area (Å²) < 4.78 is 60.6. The van der Waals surface area contributed by atoms with Gasteiger partial charge in [0.2, 0.25) is 0 Å². The van der Waals surface area contributed by atoms with Gasteiger partial charge in [-0.1, -0.05) is 15.9 Å². The van der Waals surface area contributed by atoms with Gasteiger partial charge >= 0.3 is 12.1 Å². The van der Waals surface area contributed by atoms with Gasteiger partial charge in [-0.3, -0.25) is 9.52 Å². The van der Waals surface area contributed by atoms with E-state index in [1.54, 1.807) is 23.1 Å². The molecule has 0 saturated carbocycles. The predicted molar refractivity (Wildman–Crippen MR) is 135 cm³/mol. The first kappa shape index (κ1) is 30.3. The van der Waals surface area contributed by atoms with Gasteiger partial charge in [-0.2, -0.15) is 13.2 Å². The van der Waals surface area contributed by atoms with Gasteiger partial charge in [0, 0.05) is 43.7 Å². The third-order valence-corrected chi connectivity index (χ3v) is 7.11. The van der Waals surface area contributed by atoms with Gasteiger partial charge in [0.05, 0.1) is 22.3 Å². The van der Waals surface area contributed by atoms with Crippen molar-refractivity contribution in [2.24, 2.45) is 0 Å². The molecule has 37 heavy (non-hydrogen) atoms. The number of aliphatic carboxylic acids is 1. The molecule has 10 nitrogen and oxygen atoms in total. The van der Waals surface area contributed by atoms with E-state index in [0.29, 0.717) is 24.5 Å². The quantitative estimate of drug-likeness (QED) is 0.436. The predicted octanol–water partition coefficient (Wildman–Crippen LogP) is 3.17. The highest BCUT2D eigenvalue weighted by atomic mass is 79.9. The lowest BCUT2D eigenvalue weighted by molar-refractivity contribution is -0.192. The number of rotatable bonds is 7. The monoisotopic (exact) mass is 609 g/mol. The van der Waals surface area contributed by atoms with Gasteiger partial charge in [0.25, 0.3) is 15.9 Å². The Morgan fingerprint density at radius 3 is 2.19 bits per heavy atom. The van der Waals surface area contributed by atoms with Crippen LogP contribution in [0.4, 0.5) is 24.7 Å². The second-order valence-electron chi connectivity index (χ2n) is 7.67. The summed E-state index contributed by atoms with van der Waals surface area (Å²) >= 11 is 3.30. The second kappa shape index (κ2) is 13.1. The van der Waals surface area contributed by atoms with Crippen LogP contribution in [-0.4, -0.2) is 80.7 Å². The Bertz CT molecular complexity index is 1190. The van der Waals surface area contributed by atoms with Crippen LogP contribution in [0.1, 0.15) is 24.2 Å². The SMILES string of the molecule is CCN(CC)C(=O)c1cc(NS(=O)(=O)c2ccc(Br)cc2)cnc1N1CCNCC1.O=C(O)C(F)(F)F. The number of sulfonamides is 1. The minimum atomic E-state index is -5.08. The fourth-order valence-electron chi connectivity index (χ4n) is 3.31. The van der Waals surface area contributed by atoms with Crippen LogP contribution in [0.15, 0.2) is 45.9 Å². The molecule has 1 aromatic carbocycles. The number of alkyl halides is 3. The highest BCUT2D eigenvalue weighted by Gasteiger charge is 2.38. The largest absolute Gasteiger partial charge is 0.490 e. The maximum absolute atomic E-state index is 13.2. The summed E-state index contributed by atoms with van der Waals surface area (Å²) in [6.07, 6.45) is -3.62. The van der Waals surface area contributed by atoms with Gasteiger partial charge in [-0.05, 0) is 44.2 Å². The molecular formula is C22H27BrF3N5O5S. The number of benzene rings is 1. The maximum Gasteiger partial charge on any atom is 0.490 e. The molecule has 15 heteroatoms. The lowest BCUT2D eigenvalue weighted by atomic mass is 10.1. The number of piperazine rings is 1. The molecule has 1 aliphatic heterocycles. The van der Waals surface area contributed by atoms with E-state index >= 15 is 0 Å². The standard InChI is InChI=1S/C20H26BrN5O3S.C2HF3O2/c1-3-25(4-2)20(27)18-13-16(14-23-19(18)26-11-9-22-10-12-26)24-30(28,29)17-7-5-15(21)6-8-17;3-2(4,5)1(6)7/h5-8,13-14,22,24H,3-4,9-12H2,1-2H3;(H,6,7). The van der Waals surface area contributed by atoms with Crippen LogP contribution >= 0.6 is 15.9 Å². The average molecular weight is 610 g/mol. The number of hydrogen-bond donors (Lipinski definition) is 3. The molecule has 0 radical (unpaired) electrons. The summed E-state index contributed by atoms with van der Waals surface area (Å²) in [7, 11) is -3.80. The molecule has 1 aromatic heterocycles. The van der Waals surface area contributed by atoms with Crippen molar-refractivity contribution >= 4 is 49.3 Å². The summed E-state index contributed by atoms with van der Waals surface area (Å²) in [6, 6.07) is 7.93. The molecular weight excluding hydrogens is 583 g/mol. The number of halogens is 4. The number of carboxylic acid groups (broad SMARTS) is 1. The third kappa shape index (κ3) is 8.57. The van der Waals surface area contributed by atoms with Gasteiger partial charge in [-0.15, -0.1) is 0 Å². The Balaban J connectivity index is 0.000000604. The van der Waals surface area contributed by atoms with Gasteiger partial charge in [0.15, 0.2) is 0 Å². The van der Waals surface area contributed by atoms with Crippen LogP contribution in [0.3, 0.4) is 0 Å². The second-order valence-corrected chi connectivity index (χ2v) is 10.3. The number of amides is 1. The Morgan fingerprint density at radius 2 is 1.70 bits per heavy atom. The number of nitrogens with one attached hydrogen (secondary N) is 2. The van der Waals surface area contributed by atoms with Gasteiger partial charge in [0.1, 0.15) is 5.82 Å². The zero-order valence-electron chi connectivity index (χ0n) is 20.0. The molecule has 1 amide bonds. The van der Waals surface area contributed by atoms with Crippen LogP contribution in [0.5, 0.6) is 0 Å². The van der Waals surface area contributed by atoms with Crippen LogP contribution in [0.2, 0.25) is 0 Å². The third-order valence-electron chi connectivity index (χ3n) is 5.18. The number of pyridine rings is 1. The fraction of sp³-hybridized carbons (Fsp3) is 0.409. The summed E-state index contributed by atoms with van der Waals surface area (Å²) in [5.74, 6) is -2.33. The number of aromatic nitrogens is 1.